The van der Waals surface area contributed by atoms with Crippen LogP contribution in [0.5, 0.6) is 0 Å². The highest BCUT2D eigenvalue weighted by atomic mass is 79.9. The number of hydrogen-bond acceptors (Lipinski definition) is 3. The molecule has 2 fully saturated rings. The van der Waals surface area contributed by atoms with Gasteiger partial charge >= 0.3 is 0 Å². The van der Waals surface area contributed by atoms with Crippen molar-refractivity contribution >= 4 is 21.6 Å². The summed E-state index contributed by atoms with van der Waals surface area (Å²) in [5.41, 5.74) is 2.70. The fourth-order valence-corrected chi connectivity index (χ4v) is 3.70. The van der Waals surface area contributed by atoms with Gasteiger partial charge in [0.2, 0.25) is 0 Å². The van der Waals surface area contributed by atoms with Crippen molar-refractivity contribution in [2.24, 2.45) is 5.92 Å². The maximum absolute atomic E-state index is 3.76. The number of rotatable bonds is 6. The fraction of sp³-hybridized carbons (Fsp3) is 0.647. The van der Waals surface area contributed by atoms with Crippen molar-refractivity contribution in [2.45, 2.75) is 26.3 Å². The van der Waals surface area contributed by atoms with Crippen molar-refractivity contribution in [3.63, 3.8) is 0 Å². The molecule has 116 valence electrons. The minimum atomic E-state index is 0.949. The zero-order chi connectivity index (χ0) is 14.7. The smallest absolute Gasteiger partial charge is 0.0511 e. The second-order valence-corrected chi connectivity index (χ2v) is 7.15. The highest BCUT2D eigenvalue weighted by Crippen LogP contribution is 2.31. The van der Waals surface area contributed by atoms with Crippen LogP contribution in [-0.4, -0.2) is 44.2 Å². The van der Waals surface area contributed by atoms with Crippen LogP contribution >= 0.6 is 15.9 Å². The summed E-state index contributed by atoms with van der Waals surface area (Å²) >= 11 is 3.76. The van der Waals surface area contributed by atoms with E-state index in [0.717, 1.165) is 32.1 Å². The molecule has 1 aliphatic heterocycles. The highest BCUT2D eigenvalue weighted by molar-refractivity contribution is 9.10. The Morgan fingerprint density at radius 3 is 2.57 bits per heavy atom. The van der Waals surface area contributed by atoms with Crippen molar-refractivity contribution < 1.29 is 0 Å². The standard InChI is InChI=1S/C17H26BrN3/c1-2-19-12-15-5-6-17(16(18)11-15)21-9-7-20(8-10-21)13-14-3-4-14/h5-6,11,14,19H,2-4,7-10,12-13H2,1H3. The summed E-state index contributed by atoms with van der Waals surface area (Å²) < 4.78 is 1.23. The maximum Gasteiger partial charge on any atom is 0.0511 e. The molecule has 1 aromatic carbocycles. The van der Waals surface area contributed by atoms with Gasteiger partial charge in [0.15, 0.2) is 0 Å². The maximum atomic E-state index is 3.76. The van der Waals surface area contributed by atoms with Crippen LogP contribution in [0.4, 0.5) is 5.69 Å². The van der Waals surface area contributed by atoms with Crippen molar-refractivity contribution in [1.82, 2.24) is 10.2 Å². The molecule has 1 N–H and O–H groups in total. The van der Waals surface area contributed by atoms with Crippen LogP contribution in [0.25, 0.3) is 0 Å². The zero-order valence-electron chi connectivity index (χ0n) is 12.9. The number of hydrogen-bond donors (Lipinski definition) is 1. The number of piperazine rings is 1. The van der Waals surface area contributed by atoms with Gasteiger partial charge in [0, 0.05) is 43.7 Å². The molecular weight excluding hydrogens is 326 g/mol. The molecule has 1 heterocycles. The van der Waals surface area contributed by atoms with Gasteiger partial charge in [-0.2, -0.15) is 0 Å². The van der Waals surface area contributed by atoms with Gasteiger partial charge < -0.3 is 10.2 Å². The summed E-state index contributed by atoms with van der Waals surface area (Å²) in [5, 5.41) is 3.38. The monoisotopic (exact) mass is 351 g/mol. The molecule has 0 spiro atoms. The molecule has 0 unspecified atom stereocenters. The molecule has 21 heavy (non-hydrogen) atoms. The lowest BCUT2D eigenvalue weighted by Crippen LogP contribution is -2.47. The Hall–Kier alpha value is -0.580. The molecule has 1 aromatic rings. The lowest BCUT2D eigenvalue weighted by atomic mass is 10.1. The SMILES string of the molecule is CCNCc1ccc(N2CCN(CC3CC3)CC2)c(Br)c1. The third kappa shape index (κ3) is 4.21. The van der Waals surface area contributed by atoms with Gasteiger partial charge in [0.05, 0.1) is 5.69 Å². The van der Waals surface area contributed by atoms with Crippen LogP contribution in [0.3, 0.4) is 0 Å². The molecule has 4 heteroatoms. The van der Waals surface area contributed by atoms with Crippen LogP contribution in [0.1, 0.15) is 25.3 Å². The first kappa shape index (κ1) is 15.3. The van der Waals surface area contributed by atoms with Gasteiger partial charge in [0.1, 0.15) is 0 Å². The van der Waals surface area contributed by atoms with Crippen LogP contribution in [0, 0.1) is 5.92 Å². The Balaban J connectivity index is 1.56. The minimum Gasteiger partial charge on any atom is -0.368 e. The van der Waals surface area contributed by atoms with Crippen LogP contribution in [0.2, 0.25) is 0 Å². The summed E-state index contributed by atoms with van der Waals surface area (Å²) in [6.45, 7) is 10.2. The number of nitrogens with one attached hydrogen (secondary N) is 1. The molecule has 0 bridgehead atoms. The van der Waals surface area contributed by atoms with E-state index >= 15 is 0 Å². The summed E-state index contributed by atoms with van der Waals surface area (Å²) in [6.07, 6.45) is 2.91. The number of halogens is 1. The predicted molar refractivity (Wildman–Crippen MR) is 92.9 cm³/mol. The first-order chi connectivity index (χ1) is 10.3. The molecule has 1 saturated carbocycles. The average molecular weight is 352 g/mol. The second-order valence-electron chi connectivity index (χ2n) is 6.30. The first-order valence-corrected chi connectivity index (χ1v) is 9.02. The lowest BCUT2D eigenvalue weighted by molar-refractivity contribution is 0.248. The summed E-state index contributed by atoms with van der Waals surface area (Å²) in [6, 6.07) is 6.78. The Morgan fingerprint density at radius 1 is 1.19 bits per heavy atom. The van der Waals surface area contributed by atoms with E-state index in [4.69, 9.17) is 0 Å². The van der Waals surface area contributed by atoms with Gasteiger partial charge in [-0.1, -0.05) is 13.0 Å². The molecule has 0 atom stereocenters. The van der Waals surface area contributed by atoms with Crippen LogP contribution in [0.15, 0.2) is 22.7 Å². The molecule has 3 nitrogen and oxygen atoms in total. The Morgan fingerprint density at radius 2 is 1.95 bits per heavy atom. The largest absolute Gasteiger partial charge is 0.368 e. The van der Waals surface area contributed by atoms with Crippen molar-refractivity contribution in [3.05, 3.63) is 28.2 Å². The Kier molecular flexibility index (Phi) is 5.19. The normalized spacial score (nSPS) is 20.0. The van der Waals surface area contributed by atoms with E-state index in [-0.39, 0.29) is 0 Å². The van der Waals surface area contributed by atoms with Gasteiger partial charge in [-0.05, 0) is 58.9 Å². The molecule has 1 aliphatic carbocycles. The molecular formula is C17H26BrN3. The third-order valence-corrected chi connectivity index (χ3v) is 5.15. The first-order valence-electron chi connectivity index (χ1n) is 8.22. The Labute approximate surface area is 136 Å². The van der Waals surface area contributed by atoms with Gasteiger partial charge in [-0.15, -0.1) is 0 Å². The van der Waals surface area contributed by atoms with Gasteiger partial charge in [-0.3, -0.25) is 4.90 Å². The molecule has 3 rings (SSSR count). The summed E-state index contributed by atoms with van der Waals surface area (Å²) in [7, 11) is 0. The van der Waals surface area contributed by atoms with E-state index in [1.54, 1.807) is 0 Å². The topological polar surface area (TPSA) is 18.5 Å². The van der Waals surface area contributed by atoms with Gasteiger partial charge in [-0.25, -0.2) is 0 Å². The van der Waals surface area contributed by atoms with Crippen molar-refractivity contribution in [3.8, 4) is 0 Å². The molecule has 0 radical (unpaired) electrons. The van der Waals surface area contributed by atoms with E-state index in [1.165, 1.54) is 48.2 Å². The van der Waals surface area contributed by atoms with E-state index in [9.17, 15) is 0 Å². The predicted octanol–water partition coefficient (Wildman–Crippen LogP) is 3.09. The quantitative estimate of drug-likeness (QED) is 0.849. The second kappa shape index (κ2) is 7.12. The van der Waals surface area contributed by atoms with E-state index in [2.05, 4.69) is 56.2 Å². The summed E-state index contributed by atoms with van der Waals surface area (Å²) in [4.78, 5) is 5.16. The average Bonchev–Trinajstić information content (AvgIpc) is 3.30. The molecule has 2 aliphatic rings. The Bertz CT molecular complexity index is 465. The zero-order valence-corrected chi connectivity index (χ0v) is 14.5. The van der Waals surface area contributed by atoms with Gasteiger partial charge in [0.25, 0.3) is 0 Å². The lowest BCUT2D eigenvalue weighted by Gasteiger charge is -2.36. The third-order valence-electron chi connectivity index (χ3n) is 4.52. The molecule has 0 aromatic heterocycles. The minimum absolute atomic E-state index is 0.949. The van der Waals surface area contributed by atoms with Crippen LogP contribution in [-0.2, 0) is 6.54 Å². The van der Waals surface area contributed by atoms with E-state index < -0.39 is 0 Å². The number of anilines is 1. The molecule has 1 saturated heterocycles. The van der Waals surface area contributed by atoms with E-state index in [1.807, 2.05) is 0 Å². The highest BCUT2D eigenvalue weighted by Gasteiger charge is 2.26. The van der Waals surface area contributed by atoms with E-state index in [0.29, 0.717) is 0 Å². The van der Waals surface area contributed by atoms with Crippen LogP contribution < -0.4 is 10.2 Å². The van der Waals surface area contributed by atoms with Crippen molar-refractivity contribution in [2.75, 3.05) is 44.2 Å². The number of nitrogens with zero attached hydrogens (tertiary/aromatic N) is 2. The summed E-state index contributed by atoms with van der Waals surface area (Å²) in [5.74, 6) is 1.01. The molecule has 0 amide bonds. The fourth-order valence-electron chi connectivity index (χ4n) is 3.02. The van der Waals surface area contributed by atoms with Crippen molar-refractivity contribution in [1.29, 1.82) is 0 Å². The number of benzene rings is 1.